The minimum atomic E-state index is -3.42. The first kappa shape index (κ1) is 30.9. The maximum Gasteiger partial charge on any atom is 0.251 e. The summed E-state index contributed by atoms with van der Waals surface area (Å²) in [5, 5.41) is 20.7. The van der Waals surface area contributed by atoms with Gasteiger partial charge in [-0.25, -0.2) is 8.42 Å². The largest absolute Gasteiger partial charge is 0.390 e. The first-order chi connectivity index (χ1) is 18.7. The molecule has 0 aliphatic carbocycles. The highest BCUT2D eigenvalue weighted by molar-refractivity contribution is 7.92. The molecule has 1 aliphatic heterocycles. The minimum absolute atomic E-state index is 0.107. The van der Waals surface area contributed by atoms with Crippen molar-refractivity contribution in [3.8, 4) is 0 Å². The number of benzene rings is 2. The molecule has 0 bridgehead atoms. The number of hydrogen-bond acceptors (Lipinski definition) is 6. The van der Waals surface area contributed by atoms with Crippen LogP contribution in [-0.2, 0) is 16.4 Å². The fourth-order valence-corrected chi connectivity index (χ4v) is 6.49. The fraction of sp³-hybridized carbons (Fsp3) is 0.567. The number of rotatable bonds is 15. The van der Waals surface area contributed by atoms with Gasteiger partial charge in [-0.05, 0) is 68.8 Å². The topological polar surface area (TPSA) is 111 Å². The van der Waals surface area contributed by atoms with E-state index in [1.165, 1.54) is 10.7 Å². The van der Waals surface area contributed by atoms with Gasteiger partial charge in [0.2, 0.25) is 10.0 Å². The Kier molecular flexibility index (Phi) is 12.1. The van der Waals surface area contributed by atoms with Crippen LogP contribution in [0.3, 0.4) is 0 Å². The number of aliphatic hydroxyl groups excluding tert-OH is 1. The van der Waals surface area contributed by atoms with E-state index in [4.69, 9.17) is 0 Å². The first-order valence-corrected chi connectivity index (χ1v) is 15.9. The quantitative estimate of drug-likeness (QED) is 0.244. The lowest BCUT2D eigenvalue weighted by Gasteiger charge is -2.29. The van der Waals surface area contributed by atoms with Crippen molar-refractivity contribution in [3.63, 3.8) is 0 Å². The van der Waals surface area contributed by atoms with Crippen molar-refractivity contribution in [1.82, 2.24) is 10.6 Å². The van der Waals surface area contributed by atoms with Crippen LogP contribution in [-0.4, -0.2) is 63.5 Å². The van der Waals surface area contributed by atoms with E-state index in [0.29, 0.717) is 55.3 Å². The van der Waals surface area contributed by atoms with Gasteiger partial charge in [-0.15, -0.1) is 0 Å². The minimum Gasteiger partial charge on any atom is -0.390 e. The van der Waals surface area contributed by atoms with E-state index in [2.05, 4.69) is 29.8 Å². The van der Waals surface area contributed by atoms with Crippen molar-refractivity contribution in [2.24, 2.45) is 5.92 Å². The SMILES string of the molecule is CCNc1cc(C(=O)N[C@@H](Cc2ccccc2)[C@H](O)CNCCCCC(C)C)cc(N2CCCCS2(=O)=O)c1. The van der Waals surface area contributed by atoms with E-state index in [9.17, 15) is 18.3 Å². The van der Waals surface area contributed by atoms with Gasteiger partial charge in [-0.2, -0.15) is 0 Å². The van der Waals surface area contributed by atoms with Gasteiger partial charge >= 0.3 is 0 Å². The molecule has 3 rings (SSSR count). The van der Waals surface area contributed by atoms with Crippen molar-refractivity contribution in [2.75, 3.05) is 41.6 Å². The average molecular weight is 559 g/mol. The molecule has 39 heavy (non-hydrogen) atoms. The van der Waals surface area contributed by atoms with E-state index < -0.39 is 22.2 Å². The Morgan fingerprint density at radius 3 is 2.54 bits per heavy atom. The highest BCUT2D eigenvalue weighted by Gasteiger charge is 2.28. The molecule has 2 aromatic carbocycles. The lowest BCUT2D eigenvalue weighted by Crippen LogP contribution is -2.49. The molecule has 1 saturated heterocycles. The second kappa shape index (κ2) is 15.2. The molecular formula is C30H46N4O4S. The van der Waals surface area contributed by atoms with Gasteiger partial charge in [0.05, 0.1) is 23.6 Å². The van der Waals surface area contributed by atoms with Gasteiger partial charge in [0.25, 0.3) is 5.91 Å². The normalized spacial score (nSPS) is 16.6. The first-order valence-electron chi connectivity index (χ1n) is 14.3. The average Bonchev–Trinajstić information content (AvgIpc) is 2.90. The smallest absolute Gasteiger partial charge is 0.251 e. The molecule has 8 nitrogen and oxygen atoms in total. The third-order valence-electron chi connectivity index (χ3n) is 7.02. The number of sulfonamides is 1. The van der Waals surface area contributed by atoms with Crippen molar-refractivity contribution in [2.45, 2.75) is 71.4 Å². The third-order valence-corrected chi connectivity index (χ3v) is 8.89. The second-order valence-electron chi connectivity index (χ2n) is 10.8. The summed E-state index contributed by atoms with van der Waals surface area (Å²) in [6.07, 6.45) is 4.47. The molecule has 1 amide bonds. The summed E-state index contributed by atoms with van der Waals surface area (Å²) in [5.74, 6) is 0.445. The Balaban J connectivity index is 1.76. The van der Waals surface area contributed by atoms with Crippen LogP contribution in [0.2, 0.25) is 0 Å². The van der Waals surface area contributed by atoms with Gasteiger partial charge in [-0.1, -0.05) is 57.0 Å². The Morgan fingerprint density at radius 2 is 1.85 bits per heavy atom. The number of anilines is 2. The Bertz CT molecular complexity index is 1140. The number of nitrogens with one attached hydrogen (secondary N) is 3. The molecular weight excluding hydrogens is 512 g/mol. The number of carbonyl (C=O) groups is 1. The van der Waals surface area contributed by atoms with Crippen molar-refractivity contribution < 1.29 is 18.3 Å². The summed E-state index contributed by atoms with van der Waals surface area (Å²) in [6, 6.07) is 14.4. The zero-order chi connectivity index (χ0) is 28.3. The summed E-state index contributed by atoms with van der Waals surface area (Å²) in [6.45, 7) is 8.61. The standard InChI is InChI=1S/C30H46N4O4S/c1-4-32-26-19-25(20-27(21-26)34-16-10-11-17-39(34,37)38)30(36)33-28(18-24-13-6-5-7-14-24)29(35)22-31-15-9-8-12-23(2)3/h5-7,13-14,19-21,23,28-29,31-32,35H,4,8-12,15-18,22H2,1-3H3,(H,33,36)/t28-,29+/m0/s1. The van der Waals surface area contributed by atoms with Crippen molar-refractivity contribution >= 4 is 27.3 Å². The predicted octanol–water partition coefficient (Wildman–Crippen LogP) is 4.17. The Labute approximate surface area is 234 Å². The van der Waals surface area contributed by atoms with Gasteiger partial charge in [0.1, 0.15) is 0 Å². The number of nitrogens with zero attached hydrogens (tertiary/aromatic N) is 1. The summed E-state index contributed by atoms with van der Waals surface area (Å²) in [4.78, 5) is 13.5. The molecule has 0 aromatic heterocycles. The van der Waals surface area contributed by atoms with Crippen molar-refractivity contribution in [1.29, 1.82) is 0 Å². The molecule has 2 atom stereocenters. The Morgan fingerprint density at radius 1 is 1.08 bits per heavy atom. The van der Waals surface area contributed by atoms with Crippen LogP contribution >= 0.6 is 0 Å². The Hall–Kier alpha value is -2.62. The molecule has 0 saturated carbocycles. The third kappa shape index (κ3) is 9.81. The highest BCUT2D eigenvalue weighted by atomic mass is 32.2. The molecule has 1 aliphatic rings. The van der Waals surface area contributed by atoms with Crippen LogP contribution in [0.4, 0.5) is 11.4 Å². The monoisotopic (exact) mass is 558 g/mol. The molecule has 2 aromatic rings. The van der Waals surface area contributed by atoms with E-state index >= 15 is 0 Å². The molecule has 1 fully saturated rings. The summed E-state index contributed by atoms with van der Waals surface area (Å²) in [5.41, 5.74) is 2.54. The molecule has 216 valence electrons. The van der Waals surface area contributed by atoms with Gasteiger partial charge in [-0.3, -0.25) is 9.10 Å². The van der Waals surface area contributed by atoms with E-state index in [1.54, 1.807) is 18.2 Å². The number of hydrogen-bond donors (Lipinski definition) is 4. The second-order valence-corrected chi connectivity index (χ2v) is 12.8. The van der Waals surface area contributed by atoms with E-state index in [0.717, 1.165) is 31.4 Å². The van der Waals surface area contributed by atoms with Crippen LogP contribution in [0, 0.1) is 5.92 Å². The molecule has 0 radical (unpaired) electrons. The highest BCUT2D eigenvalue weighted by Crippen LogP contribution is 2.28. The van der Waals surface area contributed by atoms with Crippen LogP contribution in [0.1, 0.15) is 68.8 Å². The predicted molar refractivity (Wildman–Crippen MR) is 160 cm³/mol. The molecule has 9 heteroatoms. The molecule has 0 unspecified atom stereocenters. The van der Waals surface area contributed by atoms with Crippen LogP contribution in [0.25, 0.3) is 0 Å². The maximum atomic E-state index is 13.5. The fourth-order valence-electron chi connectivity index (χ4n) is 4.87. The van der Waals surface area contributed by atoms with Gasteiger partial charge < -0.3 is 21.1 Å². The molecule has 1 heterocycles. The van der Waals surface area contributed by atoms with Crippen molar-refractivity contribution in [3.05, 3.63) is 59.7 Å². The van der Waals surface area contributed by atoms with Crippen LogP contribution < -0.4 is 20.3 Å². The number of aliphatic hydroxyl groups is 1. The maximum absolute atomic E-state index is 13.5. The molecule has 4 N–H and O–H groups in total. The summed E-state index contributed by atoms with van der Waals surface area (Å²) < 4.78 is 26.9. The van der Waals surface area contributed by atoms with Crippen LogP contribution in [0.5, 0.6) is 0 Å². The number of amides is 1. The van der Waals surface area contributed by atoms with Gasteiger partial charge in [0, 0.05) is 30.9 Å². The summed E-state index contributed by atoms with van der Waals surface area (Å²) in [7, 11) is -3.42. The number of carbonyl (C=O) groups excluding carboxylic acids is 1. The number of unbranched alkanes of at least 4 members (excludes halogenated alkanes) is 1. The summed E-state index contributed by atoms with van der Waals surface area (Å²) >= 11 is 0. The molecule has 0 spiro atoms. The van der Waals surface area contributed by atoms with Gasteiger partial charge in [0.15, 0.2) is 0 Å². The zero-order valence-corrected chi connectivity index (χ0v) is 24.5. The van der Waals surface area contributed by atoms with E-state index in [-0.39, 0.29) is 11.7 Å². The lowest BCUT2D eigenvalue weighted by atomic mass is 10.00. The van der Waals surface area contributed by atoms with E-state index in [1.807, 2.05) is 37.3 Å². The lowest BCUT2D eigenvalue weighted by molar-refractivity contribution is 0.0830. The van der Waals surface area contributed by atoms with Crippen LogP contribution in [0.15, 0.2) is 48.5 Å². The zero-order valence-electron chi connectivity index (χ0n) is 23.7.